The Bertz CT molecular complexity index is 589. The van der Waals surface area contributed by atoms with Crippen LogP contribution in [0.5, 0.6) is 0 Å². The van der Waals surface area contributed by atoms with Crippen molar-refractivity contribution in [2.75, 3.05) is 5.73 Å². The molecule has 0 aliphatic rings. The van der Waals surface area contributed by atoms with Gasteiger partial charge in [-0.25, -0.2) is 4.98 Å². The smallest absolute Gasteiger partial charge is 0.251 e. The van der Waals surface area contributed by atoms with E-state index in [-0.39, 0.29) is 5.56 Å². The summed E-state index contributed by atoms with van der Waals surface area (Å²) in [7, 11) is 1.80. The fraction of sp³-hybridized carbons (Fsp3) is 0.300. The van der Waals surface area contributed by atoms with Crippen LogP contribution in [0.3, 0.4) is 0 Å². The molecule has 0 amide bonds. The molecular formula is C10H13N5OS. The third kappa shape index (κ3) is 2.50. The molecule has 3 N–H and O–H groups in total. The first kappa shape index (κ1) is 11.7. The van der Waals surface area contributed by atoms with Gasteiger partial charge in [-0.2, -0.15) is 5.10 Å². The average molecular weight is 251 g/mol. The van der Waals surface area contributed by atoms with E-state index in [0.29, 0.717) is 16.7 Å². The van der Waals surface area contributed by atoms with E-state index in [0.717, 1.165) is 11.3 Å². The van der Waals surface area contributed by atoms with Gasteiger partial charge in [0.05, 0.1) is 5.69 Å². The Morgan fingerprint density at radius 2 is 2.35 bits per heavy atom. The number of aromatic amines is 1. The zero-order valence-corrected chi connectivity index (χ0v) is 10.4. The van der Waals surface area contributed by atoms with E-state index >= 15 is 0 Å². The zero-order valence-electron chi connectivity index (χ0n) is 9.60. The van der Waals surface area contributed by atoms with Crippen LogP contribution in [0.1, 0.15) is 11.3 Å². The van der Waals surface area contributed by atoms with Crippen LogP contribution in [0, 0.1) is 6.92 Å². The van der Waals surface area contributed by atoms with Crippen LogP contribution in [-0.2, 0) is 12.8 Å². The molecule has 0 aromatic carbocycles. The first-order valence-corrected chi connectivity index (χ1v) is 6.02. The van der Waals surface area contributed by atoms with Gasteiger partial charge in [0.25, 0.3) is 5.56 Å². The topological polar surface area (TPSA) is 89.6 Å². The highest BCUT2D eigenvalue weighted by Gasteiger charge is 2.10. The van der Waals surface area contributed by atoms with Crippen LogP contribution in [0.15, 0.2) is 22.2 Å². The highest BCUT2D eigenvalue weighted by atomic mass is 32.2. The molecule has 0 unspecified atom stereocenters. The van der Waals surface area contributed by atoms with Gasteiger partial charge in [-0.1, -0.05) is 11.8 Å². The monoisotopic (exact) mass is 251 g/mol. The standard InChI is InChI=1S/C10H13N5OS/c1-6-7(9(11)15(2)14-6)5-17-10-12-4-3-8(16)13-10/h3-4H,5,11H2,1-2H3,(H,12,13,16). The Kier molecular flexibility index (Phi) is 3.19. The van der Waals surface area contributed by atoms with Gasteiger partial charge in [0, 0.05) is 30.6 Å². The number of nitrogens with zero attached hydrogens (tertiary/aromatic N) is 3. The maximum Gasteiger partial charge on any atom is 0.251 e. The van der Waals surface area contributed by atoms with Crippen molar-refractivity contribution in [3.05, 3.63) is 33.9 Å². The number of hydrogen-bond donors (Lipinski definition) is 2. The lowest BCUT2D eigenvalue weighted by molar-refractivity contribution is 0.767. The van der Waals surface area contributed by atoms with Gasteiger partial charge in [-0.3, -0.25) is 9.48 Å². The van der Waals surface area contributed by atoms with Crippen molar-refractivity contribution >= 4 is 17.6 Å². The second-order valence-corrected chi connectivity index (χ2v) is 4.56. The second kappa shape index (κ2) is 4.62. The fourth-order valence-electron chi connectivity index (χ4n) is 1.46. The molecule has 17 heavy (non-hydrogen) atoms. The Balaban J connectivity index is 2.15. The van der Waals surface area contributed by atoms with Gasteiger partial charge in [-0.05, 0) is 6.92 Å². The average Bonchev–Trinajstić information content (AvgIpc) is 2.51. The van der Waals surface area contributed by atoms with Crippen LogP contribution in [0.4, 0.5) is 5.82 Å². The van der Waals surface area contributed by atoms with Gasteiger partial charge in [0.15, 0.2) is 5.16 Å². The molecule has 0 radical (unpaired) electrons. The summed E-state index contributed by atoms with van der Waals surface area (Å²) < 4.78 is 1.65. The molecule has 0 atom stereocenters. The summed E-state index contributed by atoms with van der Waals surface area (Å²) in [5.74, 6) is 1.28. The Labute approximate surface area is 102 Å². The number of nitrogens with two attached hydrogens (primary N) is 1. The van der Waals surface area contributed by atoms with Gasteiger partial charge in [0.1, 0.15) is 5.82 Å². The number of H-pyrrole nitrogens is 1. The SMILES string of the molecule is Cc1nn(C)c(N)c1CSc1nccc(=O)[nH]1. The highest BCUT2D eigenvalue weighted by molar-refractivity contribution is 7.98. The lowest BCUT2D eigenvalue weighted by atomic mass is 10.3. The molecular weight excluding hydrogens is 238 g/mol. The number of aromatic nitrogens is 4. The lowest BCUT2D eigenvalue weighted by Crippen LogP contribution is -2.05. The number of thioether (sulfide) groups is 1. The van der Waals surface area contributed by atoms with Crippen molar-refractivity contribution in [3.8, 4) is 0 Å². The number of rotatable bonds is 3. The van der Waals surface area contributed by atoms with E-state index < -0.39 is 0 Å². The largest absolute Gasteiger partial charge is 0.384 e. The maximum atomic E-state index is 11.1. The molecule has 0 saturated heterocycles. The molecule has 2 heterocycles. The van der Waals surface area contributed by atoms with Crippen LogP contribution in [-0.4, -0.2) is 19.7 Å². The predicted molar refractivity (Wildman–Crippen MR) is 66.8 cm³/mol. The van der Waals surface area contributed by atoms with E-state index in [2.05, 4.69) is 15.1 Å². The number of nitrogens with one attached hydrogen (secondary N) is 1. The fourth-order valence-corrected chi connectivity index (χ4v) is 2.41. The van der Waals surface area contributed by atoms with Gasteiger partial charge in [-0.15, -0.1) is 0 Å². The zero-order chi connectivity index (χ0) is 12.4. The number of aryl methyl sites for hydroxylation is 2. The van der Waals surface area contributed by atoms with Crippen molar-refractivity contribution in [3.63, 3.8) is 0 Å². The third-order valence-electron chi connectivity index (χ3n) is 2.40. The normalized spacial score (nSPS) is 10.7. The molecule has 90 valence electrons. The van der Waals surface area contributed by atoms with E-state index in [9.17, 15) is 4.79 Å². The minimum atomic E-state index is -0.154. The number of anilines is 1. The minimum absolute atomic E-state index is 0.154. The summed E-state index contributed by atoms with van der Waals surface area (Å²) in [6.45, 7) is 1.91. The molecule has 0 aliphatic carbocycles. The van der Waals surface area contributed by atoms with E-state index in [1.165, 1.54) is 24.0 Å². The molecule has 0 fully saturated rings. The Morgan fingerprint density at radius 3 is 2.94 bits per heavy atom. The van der Waals surface area contributed by atoms with Gasteiger partial charge >= 0.3 is 0 Å². The van der Waals surface area contributed by atoms with Gasteiger partial charge in [0.2, 0.25) is 0 Å². The first-order chi connectivity index (χ1) is 8.08. The highest BCUT2D eigenvalue weighted by Crippen LogP contribution is 2.24. The molecule has 0 bridgehead atoms. The summed E-state index contributed by atoms with van der Waals surface area (Å²) >= 11 is 1.43. The van der Waals surface area contributed by atoms with Crippen molar-refractivity contribution in [2.24, 2.45) is 7.05 Å². The summed E-state index contributed by atoms with van der Waals surface area (Å²) in [5, 5.41) is 4.81. The maximum absolute atomic E-state index is 11.1. The molecule has 0 saturated carbocycles. The Hall–Kier alpha value is -1.76. The van der Waals surface area contributed by atoms with E-state index in [1.807, 2.05) is 6.92 Å². The number of nitrogen functional groups attached to an aromatic ring is 1. The summed E-state index contributed by atoms with van der Waals surface area (Å²) in [6.07, 6.45) is 1.49. The summed E-state index contributed by atoms with van der Waals surface area (Å²) in [4.78, 5) is 17.8. The molecule has 0 aliphatic heterocycles. The molecule has 2 aromatic rings. The summed E-state index contributed by atoms with van der Waals surface area (Å²) in [5.41, 5.74) is 7.61. The van der Waals surface area contributed by atoms with Crippen molar-refractivity contribution in [1.82, 2.24) is 19.7 Å². The second-order valence-electron chi connectivity index (χ2n) is 3.60. The third-order valence-corrected chi connectivity index (χ3v) is 3.31. The van der Waals surface area contributed by atoms with Crippen LogP contribution < -0.4 is 11.3 Å². The minimum Gasteiger partial charge on any atom is -0.384 e. The van der Waals surface area contributed by atoms with Crippen molar-refractivity contribution in [2.45, 2.75) is 17.8 Å². The molecule has 0 spiro atoms. The van der Waals surface area contributed by atoms with Crippen LogP contribution in [0.2, 0.25) is 0 Å². The van der Waals surface area contributed by atoms with Gasteiger partial charge < -0.3 is 10.7 Å². The molecule has 2 aromatic heterocycles. The van der Waals surface area contributed by atoms with E-state index in [1.54, 1.807) is 11.7 Å². The van der Waals surface area contributed by atoms with Crippen LogP contribution in [0.25, 0.3) is 0 Å². The van der Waals surface area contributed by atoms with Crippen molar-refractivity contribution < 1.29 is 0 Å². The lowest BCUT2D eigenvalue weighted by Gasteiger charge is -2.01. The molecule has 6 nitrogen and oxygen atoms in total. The Morgan fingerprint density at radius 1 is 1.59 bits per heavy atom. The predicted octanol–water partition coefficient (Wildman–Crippen LogP) is 0.686. The molecule has 2 rings (SSSR count). The van der Waals surface area contributed by atoms with Crippen LogP contribution >= 0.6 is 11.8 Å². The number of hydrogen-bond acceptors (Lipinski definition) is 5. The molecule has 7 heteroatoms. The summed E-state index contributed by atoms with van der Waals surface area (Å²) in [6, 6.07) is 1.38. The van der Waals surface area contributed by atoms with Crippen molar-refractivity contribution in [1.29, 1.82) is 0 Å². The quantitative estimate of drug-likeness (QED) is 0.618. The first-order valence-electron chi connectivity index (χ1n) is 5.04. The van der Waals surface area contributed by atoms with E-state index in [4.69, 9.17) is 5.73 Å².